The highest BCUT2D eigenvalue weighted by Crippen LogP contribution is 2.14. The summed E-state index contributed by atoms with van der Waals surface area (Å²) < 4.78 is 4.72. The first-order valence-electron chi connectivity index (χ1n) is 4.47. The summed E-state index contributed by atoms with van der Waals surface area (Å²) in [5.74, 6) is -1.36. The zero-order chi connectivity index (χ0) is 10.6. The van der Waals surface area contributed by atoms with Gasteiger partial charge in [-0.2, -0.15) is 4.98 Å². The Labute approximate surface area is 81.1 Å². The van der Waals surface area contributed by atoms with Crippen LogP contribution in [0.1, 0.15) is 48.7 Å². The third-order valence-corrected chi connectivity index (χ3v) is 1.82. The number of carbonyl (C=O) groups is 1. The van der Waals surface area contributed by atoms with Gasteiger partial charge in [0.15, 0.2) is 0 Å². The number of hydrogen-bond donors (Lipinski definition) is 2. The molecule has 1 heterocycles. The first-order valence-corrected chi connectivity index (χ1v) is 4.47. The number of aromatic carboxylic acids is 1. The second-order valence-electron chi connectivity index (χ2n) is 3.01. The van der Waals surface area contributed by atoms with Gasteiger partial charge >= 0.3 is 5.97 Å². The minimum atomic E-state index is -1.21. The SMILES string of the molecule is CCCC[C@H](N)c1nc(C(=O)O)no1. The van der Waals surface area contributed by atoms with Gasteiger partial charge in [0.05, 0.1) is 6.04 Å². The van der Waals surface area contributed by atoms with E-state index < -0.39 is 5.97 Å². The summed E-state index contributed by atoms with van der Waals surface area (Å²) in [5, 5.41) is 11.8. The summed E-state index contributed by atoms with van der Waals surface area (Å²) in [7, 11) is 0. The van der Waals surface area contributed by atoms with Crippen molar-refractivity contribution in [3.8, 4) is 0 Å². The number of nitrogens with two attached hydrogens (primary N) is 1. The Balaban J connectivity index is 2.61. The van der Waals surface area contributed by atoms with Crippen molar-refractivity contribution in [3.63, 3.8) is 0 Å². The van der Waals surface area contributed by atoms with Crippen LogP contribution in [0.15, 0.2) is 4.52 Å². The largest absolute Gasteiger partial charge is 0.475 e. The van der Waals surface area contributed by atoms with Gasteiger partial charge in [-0.25, -0.2) is 4.79 Å². The fourth-order valence-electron chi connectivity index (χ4n) is 1.02. The lowest BCUT2D eigenvalue weighted by Crippen LogP contribution is -2.11. The van der Waals surface area contributed by atoms with Crippen LogP contribution in [0.2, 0.25) is 0 Å². The summed E-state index contributed by atoms with van der Waals surface area (Å²) in [6, 6.07) is -0.365. The molecular formula is C8H13N3O3. The smallest absolute Gasteiger partial charge is 0.377 e. The Morgan fingerprint density at radius 3 is 2.93 bits per heavy atom. The van der Waals surface area contributed by atoms with Gasteiger partial charge in [0.25, 0.3) is 5.82 Å². The van der Waals surface area contributed by atoms with Crippen LogP contribution in [0.3, 0.4) is 0 Å². The molecule has 0 amide bonds. The number of carboxylic acids is 1. The van der Waals surface area contributed by atoms with Gasteiger partial charge in [0, 0.05) is 0 Å². The molecule has 1 atom stereocenters. The van der Waals surface area contributed by atoms with Crippen molar-refractivity contribution < 1.29 is 14.4 Å². The van der Waals surface area contributed by atoms with Crippen molar-refractivity contribution in [2.45, 2.75) is 32.2 Å². The number of aromatic nitrogens is 2. The summed E-state index contributed by atoms with van der Waals surface area (Å²) in [6.45, 7) is 2.04. The van der Waals surface area contributed by atoms with Crippen LogP contribution < -0.4 is 5.73 Å². The van der Waals surface area contributed by atoms with E-state index in [1.165, 1.54) is 0 Å². The second-order valence-corrected chi connectivity index (χ2v) is 3.01. The molecule has 3 N–H and O–H groups in total. The van der Waals surface area contributed by atoms with Crippen LogP contribution in [-0.4, -0.2) is 21.2 Å². The first kappa shape index (κ1) is 10.6. The third kappa shape index (κ3) is 2.53. The van der Waals surface area contributed by atoms with E-state index in [4.69, 9.17) is 15.4 Å². The second kappa shape index (κ2) is 4.71. The van der Waals surface area contributed by atoms with E-state index in [2.05, 4.69) is 10.1 Å². The molecule has 1 aromatic rings. The molecule has 0 aromatic carbocycles. The molecule has 0 saturated carbocycles. The molecule has 1 rings (SSSR count). The molecule has 0 unspecified atom stereocenters. The highest BCUT2D eigenvalue weighted by Gasteiger charge is 2.17. The van der Waals surface area contributed by atoms with E-state index in [0.717, 1.165) is 19.3 Å². The summed E-state index contributed by atoms with van der Waals surface area (Å²) in [6.07, 6.45) is 2.69. The van der Waals surface area contributed by atoms with Crippen LogP contribution in [0.5, 0.6) is 0 Å². The molecule has 6 nitrogen and oxygen atoms in total. The number of carboxylic acid groups (broad SMARTS) is 1. The predicted molar refractivity (Wildman–Crippen MR) is 47.7 cm³/mol. The van der Waals surface area contributed by atoms with Crippen molar-refractivity contribution in [2.75, 3.05) is 0 Å². The monoisotopic (exact) mass is 199 g/mol. The predicted octanol–water partition coefficient (Wildman–Crippen LogP) is 0.958. The van der Waals surface area contributed by atoms with E-state index in [9.17, 15) is 4.79 Å². The fraction of sp³-hybridized carbons (Fsp3) is 0.625. The molecule has 0 aliphatic heterocycles. The van der Waals surface area contributed by atoms with Gasteiger partial charge in [0.1, 0.15) is 0 Å². The molecule has 78 valence electrons. The minimum Gasteiger partial charge on any atom is -0.475 e. The Hall–Kier alpha value is -1.43. The average Bonchev–Trinajstić information content (AvgIpc) is 2.62. The maximum absolute atomic E-state index is 10.4. The maximum Gasteiger partial charge on any atom is 0.377 e. The van der Waals surface area contributed by atoms with Gasteiger partial charge in [-0.1, -0.05) is 19.8 Å². The molecule has 0 saturated heterocycles. The fourth-order valence-corrected chi connectivity index (χ4v) is 1.02. The summed E-state index contributed by atoms with van der Waals surface area (Å²) in [5.41, 5.74) is 5.71. The Kier molecular flexibility index (Phi) is 3.58. The molecule has 0 aliphatic rings. The maximum atomic E-state index is 10.4. The Bertz CT molecular complexity index is 311. The zero-order valence-electron chi connectivity index (χ0n) is 7.93. The lowest BCUT2D eigenvalue weighted by atomic mass is 10.1. The topological polar surface area (TPSA) is 102 Å². The van der Waals surface area contributed by atoms with Crippen molar-refractivity contribution in [1.82, 2.24) is 10.1 Å². The molecule has 1 aromatic heterocycles. The van der Waals surface area contributed by atoms with E-state index in [1.54, 1.807) is 0 Å². The van der Waals surface area contributed by atoms with E-state index >= 15 is 0 Å². The molecule has 0 radical (unpaired) electrons. The van der Waals surface area contributed by atoms with Gasteiger partial charge < -0.3 is 15.4 Å². The Morgan fingerprint density at radius 2 is 2.43 bits per heavy atom. The van der Waals surface area contributed by atoms with Gasteiger partial charge in [-0.15, -0.1) is 0 Å². The van der Waals surface area contributed by atoms with Crippen molar-refractivity contribution >= 4 is 5.97 Å². The van der Waals surface area contributed by atoms with E-state index in [0.29, 0.717) is 0 Å². The van der Waals surface area contributed by atoms with Gasteiger partial charge in [-0.05, 0) is 11.6 Å². The van der Waals surface area contributed by atoms with Crippen LogP contribution in [-0.2, 0) is 0 Å². The molecule has 0 aliphatic carbocycles. The molecule has 0 spiro atoms. The summed E-state index contributed by atoms with van der Waals surface area (Å²) in [4.78, 5) is 14.1. The van der Waals surface area contributed by atoms with Gasteiger partial charge in [0.2, 0.25) is 5.89 Å². The zero-order valence-corrected chi connectivity index (χ0v) is 7.93. The molecule has 6 heteroatoms. The molecule has 14 heavy (non-hydrogen) atoms. The average molecular weight is 199 g/mol. The normalized spacial score (nSPS) is 12.7. The highest BCUT2D eigenvalue weighted by atomic mass is 16.5. The van der Waals surface area contributed by atoms with Crippen LogP contribution in [0, 0.1) is 0 Å². The van der Waals surface area contributed by atoms with Gasteiger partial charge in [-0.3, -0.25) is 0 Å². The van der Waals surface area contributed by atoms with Crippen LogP contribution in [0.4, 0.5) is 0 Å². The van der Waals surface area contributed by atoms with E-state index in [-0.39, 0.29) is 17.8 Å². The molecular weight excluding hydrogens is 186 g/mol. The third-order valence-electron chi connectivity index (χ3n) is 1.82. The lowest BCUT2D eigenvalue weighted by Gasteiger charge is -2.03. The number of hydrogen-bond acceptors (Lipinski definition) is 5. The van der Waals surface area contributed by atoms with Crippen LogP contribution >= 0.6 is 0 Å². The number of nitrogens with zero attached hydrogens (tertiary/aromatic N) is 2. The van der Waals surface area contributed by atoms with Crippen molar-refractivity contribution in [3.05, 3.63) is 11.7 Å². The first-order chi connectivity index (χ1) is 6.65. The Morgan fingerprint density at radius 1 is 1.71 bits per heavy atom. The highest BCUT2D eigenvalue weighted by molar-refractivity contribution is 5.82. The van der Waals surface area contributed by atoms with Crippen molar-refractivity contribution in [1.29, 1.82) is 0 Å². The summed E-state index contributed by atoms with van der Waals surface area (Å²) >= 11 is 0. The van der Waals surface area contributed by atoms with E-state index in [1.807, 2.05) is 6.92 Å². The van der Waals surface area contributed by atoms with Crippen molar-refractivity contribution in [2.24, 2.45) is 5.73 Å². The minimum absolute atomic E-state index is 0.191. The molecule has 0 fully saturated rings. The standard InChI is InChI=1S/C8H13N3O3/c1-2-3-4-5(9)7-10-6(8(12)13)11-14-7/h5H,2-4,9H2,1H3,(H,12,13)/t5-/m0/s1. The van der Waals surface area contributed by atoms with Crippen LogP contribution in [0.25, 0.3) is 0 Å². The lowest BCUT2D eigenvalue weighted by molar-refractivity contribution is 0.0680. The number of unbranched alkanes of at least 4 members (excludes halogenated alkanes) is 1. The molecule has 0 bridgehead atoms. The number of rotatable bonds is 5. The quantitative estimate of drug-likeness (QED) is 0.732.